The second-order valence-electron chi connectivity index (χ2n) is 11.6. The fourth-order valence-electron chi connectivity index (χ4n) is 7.43. The van der Waals surface area contributed by atoms with Crippen LogP contribution >= 0.6 is 0 Å². The van der Waals surface area contributed by atoms with Crippen LogP contribution in [0.1, 0.15) is 51.3 Å². The highest BCUT2D eigenvalue weighted by Gasteiger charge is 2.41. The molecule has 0 saturated carbocycles. The summed E-state index contributed by atoms with van der Waals surface area (Å²) in [6.07, 6.45) is 5.87. The van der Waals surface area contributed by atoms with E-state index in [1.54, 1.807) is 31.4 Å². The average Bonchev–Trinajstić information content (AvgIpc) is 3.50. The van der Waals surface area contributed by atoms with Crippen molar-refractivity contribution < 1.29 is 29.5 Å². The quantitative estimate of drug-likeness (QED) is 0.190. The molecule has 0 bridgehead atoms. The van der Waals surface area contributed by atoms with Crippen molar-refractivity contribution in [1.29, 1.82) is 0 Å². The van der Waals surface area contributed by atoms with Crippen molar-refractivity contribution in [2.45, 2.75) is 36.9 Å². The minimum absolute atomic E-state index is 0.0310. The normalized spacial score (nSPS) is 21.5. The van der Waals surface area contributed by atoms with Crippen molar-refractivity contribution in [3.05, 3.63) is 106 Å². The van der Waals surface area contributed by atoms with Crippen LogP contribution in [0.3, 0.4) is 0 Å². The van der Waals surface area contributed by atoms with Crippen LogP contribution in [-0.4, -0.2) is 40.6 Å². The third kappa shape index (κ3) is 3.85. The molecule has 1 aromatic heterocycles. The maximum Gasteiger partial charge on any atom is 0.160 e. The van der Waals surface area contributed by atoms with Gasteiger partial charge in [-0.05, 0) is 81.9 Å². The van der Waals surface area contributed by atoms with Gasteiger partial charge in [0.25, 0.3) is 0 Å². The number of aliphatic hydroxyl groups excluding tert-OH is 1. The maximum atomic E-state index is 11.4. The fraction of sp³-hybridized carbons (Fsp3) is 0.222. The number of ether oxygens (including phenoxy) is 3. The second kappa shape index (κ2) is 9.57. The van der Waals surface area contributed by atoms with Crippen LogP contribution in [0, 0.1) is 0 Å². The first-order valence-corrected chi connectivity index (χ1v) is 14.5. The van der Waals surface area contributed by atoms with E-state index in [1.807, 2.05) is 18.3 Å². The number of rotatable bonds is 4. The summed E-state index contributed by atoms with van der Waals surface area (Å²) in [4.78, 5) is 3.28. The summed E-state index contributed by atoms with van der Waals surface area (Å²) in [7, 11) is 3.16. The molecular weight excluding hydrogens is 542 g/mol. The topological polar surface area (TPSA) is 104 Å². The van der Waals surface area contributed by atoms with Crippen LogP contribution in [0.15, 0.2) is 72.9 Å². The smallest absolute Gasteiger partial charge is 0.160 e. The highest BCUT2D eigenvalue weighted by atomic mass is 16.5. The molecule has 0 fully saturated rings. The third-order valence-electron chi connectivity index (χ3n) is 9.44. The van der Waals surface area contributed by atoms with Gasteiger partial charge in [0.2, 0.25) is 0 Å². The number of phenols is 2. The summed E-state index contributed by atoms with van der Waals surface area (Å²) >= 11 is 0. The molecule has 1 aliphatic heterocycles. The van der Waals surface area contributed by atoms with Gasteiger partial charge in [-0.2, -0.15) is 0 Å². The minimum Gasteiger partial charge on any atom is -0.507 e. The number of H-pyrrole nitrogens is 1. The Hall–Kier alpha value is -4.88. The van der Waals surface area contributed by atoms with Gasteiger partial charge in [-0.15, -0.1) is 0 Å². The first-order valence-electron chi connectivity index (χ1n) is 14.5. The monoisotopic (exact) mass is 573 g/mol. The Morgan fingerprint density at radius 1 is 0.837 bits per heavy atom. The van der Waals surface area contributed by atoms with Crippen LogP contribution in [0.25, 0.3) is 28.1 Å². The molecule has 4 unspecified atom stereocenters. The molecule has 8 rings (SSSR count). The number of fused-ring (bicyclic) bond motifs is 5. The van der Waals surface area contributed by atoms with Crippen LogP contribution < -0.4 is 14.2 Å². The number of aromatic hydroxyl groups is 2. The maximum absolute atomic E-state index is 11.4. The van der Waals surface area contributed by atoms with Gasteiger partial charge in [-0.1, -0.05) is 30.4 Å². The van der Waals surface area contributed by atoms with E-state index in [2.05, 4.69) is 41.4 Å². The number of hydrogen-bond donors (Lipinski definition) is 4. The molecule has 0 radical (unpaired) electrons. The number of allylic oxidation sites excluding steroid dienone is 1. The number of methoxy groups -OCH3 is 2. The van der Waals surface area contributed by atoms with Gasteiger partial charge >= 0.3 is 0 Å². The Balaban J connectivity index is 1.27. The molecule has 3 aliphatic rings. The van der Waals surface area contributed by atoms with E-state index in [-0.39, 0.29) is 23.3 Å². The second-order valence-corrected chi connectivity index (χ2v) is 11.6. The molecule has 0 saturated heterocycles. The molecule has 7 heteroatoms. The van der Waals surface area contributed by atoms with Crippen LogP contribution in [0.2, 0.25) is 0 Å². The molecule has 2 heterocycles. The minimum atomic E-state index is -0.811. The van der Waals surface area contributed by atoms with E-state index in [0.29, 0.717) is 35.7 Å². The van der Waals surface area contributed by atoms with E-state index < -0.39 is 12.2 Å². The number of aromatic nitrogens is 1. The van der Waals surface area contributed by atoms with Crippen LogP contribution in [-0.2, 0) is 12.8 Å². The van der Waals surface area contributed by atoms with E-state index in [0.717, 1.165) is 44.3 Å². The van der Waals surface area contributed by atoms with Gasteiger partial charge in [0.05, 0.1) is 20.3 Å². The largest absolute Gasteiger partial charge is 0.507 e. The van der Waals surface area contributed by atoms with Crippen molar-refractivity contribution >= 4 is 17.0 Å². The van der Waals surface area contributed by atoms with Gasteiger partial charge < -0.3 is 34.5 Å². The van der Waals surface area contributed by atoms with Crippen molar-refractivity contribution in [3.8, 4) is 39.9 Å². The first-order chi connectivity index (χ1) is 20.9. The van der Waals surface area contributed by atoms with E-state index in [9.17, 15) is 15.3 Å². The Labute approximate surface area is 248 Å². The summed E-state index contributed by atoms with van der Waals surface area (Å²) in [6.45, 7) is 0. The van der Waals surface area contributed by atoms with Gasteiger partial charge in [-0.3, -0.25) is 0 Å². The zero-order valence-electron chi connectivity index (χ0n) is 23.8. The molecule has 216 valence electrons. The number of benzene rings is 4. The number of nitrogens with one attached hydrogen (secondary N) is 1. The lowest BCUT2D eigenvalue weighted by atomic mass is 9.65. The van der Waals surface area contributed by atoms with Crippen molar-refractivity contribution in [3.63, 3.8) is 0 Å². The van der Waals surface area contributed by atoms with E-state index in [1.165, 1.54) is 12.7 Å². The Morgan fingerprint density at radius 3 is 2.49 bits per heavy atom. The summed E-state index contributed by atoms with van der Waals surface area (Å²) in [5, 5.41) is 33.6. The predicted octanol–water partition coefficient (Wildman–Crippen LogP) is 6.75. The lowest BCUT2D eigenvalue weighted by Gasteiger charge is -2.40. The van der Waals surface area contributed by atoms with Crippen molar-refractivity contribution in [2.24, 2.45) is 0 Å². The standard InChI is InChI=1S/C36H31NO6/c1-41-32-14-20(4-9-29(32)39)36-30(40)16-24-26-15-25-21(18-3-8-27-19(13-18)11-12-37-27)5-6-22-28(38)10-7-23(34(22)25)35(26)33(42-2)17-31(24)43-36/h3-14,17,21,25,30,36-40H,15-16H2,1-2H3. The third-order valence-corrected chi connectivity index (χ3v) is 9.44. The Bertz CT molecular complexity index is 1960. The zero-order valence-corrected chi connectivity index (χ0v) is 23.8. The summed E-state index contributed by atoms with van der Waals surface area (Å²) < 4.78 is 17.8. The highest BCUT2D eigenvalue weighted by Crippen LogP contribution is 2.57. The van der Waals surface area contributed by atoms with Gasteiger partial charge in [0.15, 0.2) is 11.5 Å². The van der Waals surface area contributed by atoms with E-state index in [4.69, 9.17) is 14.2 Å². The number of hydrogen-bond acceptors (Lipinski definition) is 6. The fourth-order valence-corrected chi connectivity index (χ4v) is 7.43. The molecule has 2 aliphatic carbocycles. The predicted molar refractivity (Wildman–Crippen MR) is 164 cm³/mol. The van der Waals surface area contributed by atoms with E-state index >= 15 is 0 Å². The SMILES string of the molecule is COc1cc(C2Oc3cc(OC)c4c(c3CC2O)CC2c3c-4ccc(O)c3C=CC2c2ccc3[nH]ccc3c2)ccc1O. The van der Waals surface area contributed by atoms with Crippen molar-refractivity contribution in [2.75, 3.05) is 14.2 Å². The molecule has 4 aromatic carbocycles. The average molecular weight is 574 g/mol. The molecule has 4 atom stereocenters. The molecule has 5 aromatic rings. The van der Waals surface area contributed by atoms with Crippen LogP contribution in [0.4, 0.5) is 0 Å². The Kier molecular flexibility index (Phi) is 5.74. The molecular formula is C36H31NO6. The van der Waals surface area contributed by atoms with Gasteiger partial charge in [0, 0.05) is 46.8 Å². The number of aliphatic hydroxyl groups is 1. The zero-order chi connectivity index (χ0) is 29.4. The number of phenolic OH excluding ortho intramolecular Hbond substituents is 2. The van der Waals surface area contributed by atoms with Crippen molar-refractivity contribution in [1.82, 2.24) is 4.98 Å². The van der Waals surface area contributed by atoms with Gasteiger partial charge in [0.1, 0.15) is 23.4 Å². The molecule has 4 N–H and O–H groups in total. The summed E-state index contributed by atoms with van der Waals surface area (Å²) in [5.41, 5.74) is 9.11. The lowest BCUT2D eigenvalue weighted by molar-refractivity contribution is 0.0202. The summed E-state index contributed by atoms with van der Waals surface area (Å²) in [5.74, 6) is 2.16. The highest BCUT2D eigenvalue weighted by molar-refractivity contribution is 5.88. The molecule has 0 amide bonds. The summed E-state index contributed by atoms with van der Waals surface area (Å²) in [6, 6.07) is 19.3. The Morgan fingerprint density at radius 2 is 1.65 bits per heavy atom. The molecule has 43 heavy (non-hydrogen) atoms. The lowest BCUT2D eigenvalue weighted by Crippen LogP contribution is -2.32. The van der Waals surface area contributed by atoms with Gasteiger partial charge in [-0.25, -0.2) is 0 Å². The molecule has 0 spiro atoms. The molecule has 7 nitrogen and oxygen atoms in total. The first kappa shape index (κ1) is 25.8. The number of aromatic amines is 1. The van der Waals surface area contributed by atoms with Crippen LogP contribution in [0.5, 0.6) is 28.7 Å².